The predicted molar refractivity (Wildman–Crippen MR) is 50.4 cm³/mol. The maximum absolute atomic E-state index is 11.1. The number of hydrogen-bond acceptors (Lipinski definition) is 4. The molecule has 5 heteroatoms. The minimum atomic E-state index is -0.560. The molecule has 0 aliphatic rings. The number of nitrogens with zero attached hydrogens (tertiary/aromatic N) is 1. The van der Waals surface area contributed by atoms with E-state index in [-0.39, 0.29) is 18.1 Å². The highest BCUT2D eigenvalue weighted by Gasteiger charge is 2.17. The van der Waals surface area contributed by atoms with Crippen molar-refractivity contribution in [3.63, 3.8) is 0 Å². The van der Waals surface area contributed by atoms with E-state index in [1.807, 2.05) is 0 Å². The van der Waals surface area contributed by atoms with Crippen LogP contribution in [0.1, 0.15) is 6.92 Å². The van der Waals surface area contributed by atoms with Crippen molar-refractivity contribution in [2.75, 3.05) is 20.8 Å². The average molecular weight is 201 g/mol. The van der Waals surface area contributed by atoms with Crippen molar-refractivity contribution in [1.82, 2.24) is 4.90 Å². The summed E-state index contributed by atoms with van der Waals surface area (Å²) in [6, 6.07) is 0. The van der Waals surface area contributed by atoms with Crippen LogP contribution in [-0.4, -0.2) is 44.1 Å². The van der Waals surface area contributed by atoms with Crippen molar-refractivity contribution < 1.29 is 19.1 Å². The predicted octanol–water partition coefficient (Wildman–Crippen LogP) is 0.166. The normalized spacial score (nSPS) is 10.0. The summed E-state index contributed by atoms with van der Waals surface area (Å²) < 4.78 is 9.80. The third-order valence-electron chi connectivity index (χ3n) is 1.72. The van der Waals surface area contributed by atoms with Crippen molar-refractivity contribution in [1.29, 1.82) is 0 Å². The SMILES string of the molecule is C=C(C=O)N(CC(OC)OC)C(C)=O. The Bertz CT molecular complexity index is 223. The lowest BCUT2D eigenvalue weighted by molar-refractivity contribution is -0.141. The largest absolute Gasteiger partial charge is 0.354 e. The number of rotatable bonds is 6. The fourth-order valence-electron chi connectivity index (χ4n) is 0.906. The molecular formula is C9H15NO4. The Kier molecular flexibility index (Phi) is 5.74. The molecule has 0 fully saturated rings. The molecule has 0 aliphatic carbocycles. The zero-order valence-electron chi connectivity index (χ0n) is 8.65. The Hall–Kier alpha value is -1.20. The summed E-state index contributed by atoms with van der Waals surface area (Å²) in [5.74, 6) is -0.277. The Morgan fingerprint density at radius 2 is 2.00 bits per heavy atom. The summed E-state index contributed by atoms with van der Waals surface area (Å²) in [6.07, 6.45) is -0.0420. The number of methoxy groups -OCH3 is 2. The first kappa shape index (κ1) is 12.8. The lowest BCUT2D eigenvalue weighted by atomic mass is 10.4. The first-order valence-electron chi connectivity index (χ1n) is 4.04. The lowest BCUT2D eigenvalue weighted by Gasteiger charge is -2.24. The zero-order valence-corrected chi connectivity index (χ0v) is 8.65. The van der Waals surface area contributed by atoms with E-state index >= 15 is 0 Å². The number of carbonyl (C=O) groups excluding carboxylic acids is 2. The fourth-order valence-corrected chi connectivity index (χ4v) is 0.906. The monoisotopic (exact) mass is 201 g/mol. The number of aldehydes is 1. The van der Waals surface area contributed by atoms with E-state index in [0.29, 0.717) is 6.29 Å². The van der Waals surface area contributed by atoms with Crippen molar-refractivity contribution in [3.05, 3.63) is 12.3 Å². The first-order valence-corrected chi connectivity index (χ1v) is 4.04. The Balaban J connectivity index is 4.43. The van der Waals surface area contributed by atoms with Gasteiger partial charge in [-0.2, -0.15) is 0 Å². The second-order valence-corrected chi connectivity index (χ2v) is 2.64. The van der Waals surface area contributed by atoms with Crippen molar-refractivity contribution >= 4 is 12.2 Å². The standard InChI is InChI=1S/C9H15NO4/c1-7(6-11)10(8(2)12)5-9(13-3)14-4/h6,9H,1,5H2,2-4H3. The summed E-state index contributed by atoms with van der Waals surface area (Å²) in [5, 5.41) is 0. The molecule has 0 aromatic rings. The number of carbonyl (C=O) groups is 2. The van der Waals surface area contributed by atoms with Gasteiger partial charge in [0.2, 0.25) is 5.91 Å². The number of allylic oxidation sites excluding steroid dienone is 1. The highest BCUT2D eigenvalue weighted by atomic mass is 16.7. The van der Waals surface area contributed by atoms with Crippen LogP contribution in [0.4, 0.5) is 0 Å². The molecule has 0 saturated heterocycles. The third kappa shape index (κ3) is 3.68. The molecule has 0 bridgehead atoms. The molecule has 0 saturated carbocycles. The van der Waals surface area contributed by atoms with Gasteiger partial charge in [0.15, 0.2) is 12.6 Å². The summed E-state index contributed by atoms with van der Waals surface area (Å²) in [4.78, 5) is 22.7. The molecule has 0 spiro atoms. The molecule has 0 N–H and O–H groups in total. The van der Waals surface area contributed by atoms with E-state index in [9.17, 15) is 9.59 Å². The minimum absolute atomic E-state index is 0.0941. The van der Waals surface area contributed by atoms with Gasteiger partial charge >= 0.3 is 0 Å². The van der Waals surface area contributed by atoms with Crippen LogP contribution in [0.25, 0.3) is 0 Å². The van der Waals surface area contributed by atoms with Crippen molar-refractivity contribution in [2.45, 2.75) is 13.2 Å². The van der Waals surface area contributed by atoms with Crippen molar-refractivity contribution in [3.8, 4) is 0 Å². The number of ether oxygens (including phenoxy) is 2. The molecule has 14 heavy (non-hydrogen) atoms. The fraction of sp³-hybridized carbons (Fsp3) is 0.556. The van der Waals surface area contributed by atoms with E-state index in [1.165, 1.54) is 26.0 Å². The molecule has 0 atom stereocenters. The van der Waals surface area contributed by atoms with Crippen LogP contribution < -0.4 is 0 Å². The minimum Gasteiger partial charge on any atom is -0.354 e. The molecule has 80 valence electrons. The van der Waals surface area contributed by atoms with Crippen LogP contribution in [0.5, 0.6) is 0 Å². The van der Waals surface area contributed by atoms with Crippen LogP contribution in [0.15, 0.2) is 12.3 Å². The van der Waals surface area contributed by atoms with E-state index in [4.69, 9.17) is 9.47 Å². The topological polar surface area (TPSA) is 55.8 Å². The van der Waals surface area contributed by atoms with E-state index in [0.717, 1.165) is 0 Å². The highest BCUT2D eigenvalue weighted by Crippen LogP contribution is 2.03. The van der Waals surface area contributed by atoms with Gasteiger partial charge in [0.1, 0.15) is 0 Å². The van der Waals surface area contributed by atoms with Gasteiger partial charge < -0.3 is 14.4 Å². The van der Waals surface area contributed by atoms with Gasteiger partial charge in [-0.15, -0.1) is 0 Å². The average Bonchev–Trinajstić information content (AvgIpc) is 2.18. The second-order valence-electron chi connectivity index (χ2n) is 2.64. The molecule has 0 heterocycles. The first-order chi connectivity index (χ1) is 6.56. The zero-order chi connectivity index (χ0) is 11.1. The molecule has 1 amide bonds. The van der Waals surface area contributed by atoms with E-state index in [1.54, 1.807) is 0 Å². The summed E-state index contributed by atoms with van der Waals surface area (Å²) in [6.45, 7) is 4.94. The van der Waals surface area contributed by atoms with Gasteiger partial charge in [-0.25, -0.2) is 0 Å². The maximum atomic E-state index is 11.1. The molecule has 0 radical (unpaired) electrons. The number of hydrogen-bond donors (Lipinski definition) is 0. The van der Waals surface area contributed by atoms with Crippen LogP contribution in [0.2, 0.25) is 0 Å². The quantitative estimate of drug-likeness (QED) is 0.349. The molecule has 0 aromatic carbocycles. The summed E-state index contributed by atoms with van der Waals surface area (Å²) in [5.41, 5.74) is 0.0941. The van der Waals surface area contributed by atoms with E-state index in [2.05, 4.69) is 6.58 Å². The maximum Gasteiger partial charge on any atom is 0.224 e. The summed E-state index contributed by atoms with van der Waals surface area (Å²) in [7, 11) is 2.91. The van der Waals surface area contributed by atoms with Crippen molar-refractivity contribution in [2.24, 2.45) is 0 Å². The number of amides is 1. The van der Waals surface area contributed by atoms with Crippen LogP contribution in [0, 0.1) is 0 Å². The Morgan fingerprint density at radius 3 is 2.29 bits per heavy atom. The summed E-state index contributed by atoms with van der Waals surface area (Å²) >= 11 is 0. The van der Waals surface area contributed by atoms with Gasteiger partial charge in [-0.3, -0.25) is 9.59 Å². The van der Waals surface area contributed by atoms with Gasteiger partial charge in [-0.05, 0) is 0 Å². The Morgan fingerprint density at radius 1 is 1.50 bits per heavy atom. The van der Waals surface area contributed by atoms with Gasteiger partial charge in [0, 0.05) is 21.1 Å². The van der Waals surface area contributed by atoms with Crippen LogP contribution >= 0.6 is 0 Å². The molecule has 5 nitrogen and oxygen atoms in total. The molecule has 0 aliphatic heterocycles. The Labute approximate surface area is 83.3 Å². The second kappa shape index (κ2) is 6.28. The van der Waals surface area contributed by atoms with Gasteiger partial charge in [0.05, 0.1) is 12.2 Å². The van der Waals surface area contributed by atoms with Gasteiger partial charge in [0.25, 0.3) is 0 Å². The molecule has 0 rings (SSSR count). The van der Waals surface area contributed by atoms with E-state index < -0.39 is 6.29 Å². The van der Waals surface area contributed by atoms with Crippen LogP contribution in [0.3, 0.4) is 0 Å². The smallest absolute Gasteiger partial charge is 0.224 e. The molecule has 0 aromatic heterocycles. The highest BCUT2D eigenvalue weighted by molar-refractivity contribution is 5.83. The third-order valence-corrected chi connectivity index (χ3v) is 1.72. The molecular weight excluding hydrogens is 186 g/mol. The molecule has 0 unspecified atom stereocenters. The lowest BCUT2D eigenvalue weighted by Crippen LogP contribution is -2.37. The van der Waals surface area contributed by atoms with Crippen LogP contribution in [-0.2, 0) is 19.1 Å². The van der Waals surface area contributed by atoms with Gasteiger partial charge in [-0.1, -0.05) is 6.58 Å².